The van der Waals surface area contributed by atoms with E-state index in [1.54, 1.807) is 0 Å². The van der Waals surface area contributed by atoms with Gasteiger partial charge in [-0.15, -0.1) is 0 Å². The van der Waals surface area contributed by atoms with Crippen LogP contribution in [-0.2, 0) is 9.78 Å². The molecule has 0 aromatic carbocycles. The molecule has 4 unspecified atom stereocenters. The third-order valence-electron chi connectivity index (χ3n) is 2.84. The first kappa shape index (κ1) is 6.08. The Balaban J connectivity index is 1.93. The molecule has 2 saturated heterocycles. The topological polar surface area (TPSA) is 43.2 Å². The zero-order chi connectivity index (χ0) is 7.26. The van der Waals surface area contributed by atoms with E-state index in [0.29, 0.717) is 12.0 Å². The summed E-state index contributed by atoms with van der Waals surface area (Å²) in [6, 6.07) is 0.308. The van der Waals surface area contributed by atoms with Gasteiger partial charge in [-0.05, 0) is 12.8 Å². The molecule has 60 valence electrons. The second kappa shape index (κ2) is 2.01. The zero-order valence-electron chi connectivity index (χ0n) is 6.14. The second-order valence-electron chi connectivity index (χ2n) is 3.44. The molecular formula is C7H10N2O2. The first-order valence-corrected chi connectivity index (χ1v) is 4.14. The van der Waals surface area contributed by atoms with Gasteiger partial charge in [0.15, 0.2) is 0 Å². The summed E-state index contributed by atoms with van der Waals surface area (Å²) in [4.78, 5) is 10.3. The predicted octanol–water partition coefficient (Wildman–Crippen LogP) is 0.930. The lowest BCUT2D eigenvalue weighted by molar-refractivity contribution is -0.410. The van der Waals surface area contributed by atoms with Gasteiger partial charge in [0.05, 0.1) is 12.6 Å². The highest BCUT2D eigenvalue weighted by Gasteiger charge is 2.48. The summed E-state index contributed by atoms with van der Waals surface area (Å²) in [7, 11) is 0. The SMILES string of the molecule is C1CC2OOC1C1CN=NC21. The van der Waals surface area contributed by atoms with E-state index < -0.39 is 0 Å². The zero-order valence-corrected chi connectivity index (χ0v) is 6.14. The van der Waals surface area contributed by atoms with E-state index >= 15 is 0 Å². The predicted molar refractivity (Wildman–Crippen MR) is 36.0 cm³/mol. The van der Waals surface area contributed by atoms with Gasteiger partial charge in [-0.3, -0.25) is 0 Å². The molecule has 0 N–H and O–H groups in total. The van der Waals surface area contributed by atoms with E-state index in [9.17, 15) is 0 Å². The molecular weight excluding hydrogens is 144 g/mol. The molecule has 4 atom stereocenters. The highest BCUT2D eigenvalue weighted by Crippen LogP contribution is 2.39. The van der Waals surface area contributed by atoms with E-state index in [1.165, 1.54) is 0 Å². The third kappa shape index (κ3) is 0.711. The van der Waals surface area contributed by atoms with Crippen LogP contribution in [0.1, 0.15) is 12.8 Å². The molecule has 0 spiro atoms. The Morgan fingerprint density at radius 3 is 2.64 bits per heavy atom. The van der Waals surface area contributed by atoms with Gasteiger partial charge >= 0.3 is 0 Å². The minimum absolute atomic E-state index is 0.191. The lowest BCUT2D eigenvalue weighted by Crippen LogP contribution is -2.51. The molecule has 3 heterocycles. The fourth-order valence-electron chi connectivity index (χ4n) is 2.20. The molecule has 4 nitrogen and oxygen atoms in total. The van der Waals surface area contributed by atoms with Crippen molar-refractivity contribution in [2.45, 2.75) is 31.1 Å². The fraction of sp³-hybridized carbons (Fsp3) is 1.00. The Bertz CT molecular complexity index is 199. The van der Waals surface area contributed by atoms with E-state index in [2.05, 4.69) is 10.2 Å². The van der Waals surface area contributed by atoms with Crippen molar-refractivity contribution < 1.29 is 9.78 Å². The smallest absolute Gasteiger partial charge is 0.118 e. The van der Waals surface area contributed by atoms with Gasteiger partial charge < -0.3 is 0 Å². The number of fused-ring (bicyclic) bond motifs is 2. The Labute approximate surface area is 64.5 Å². The lowest BCUT2D eigenvalue weighted by Gasteiger charge is -2.41. The maximum atomic E-state index is 5.17. The summed E-state index contributed by atoms with van der Waals surface area (Å²) < 4.78 is 0. The van der Waals surface area contributed by atoms with Crippen LogP contribution in [0.15, 0.2) is 10.2 Å². The summed E-state index contributed by atoms with van der Waals surface area (Å²) in [5.41, 5.74) is 0. The Morgan fingerprint density at radius 2 is 1.91 bits per heavy atom. The monoisotopic (exact) mass is 154 g/mol. The van der Waals surface area contributed by atoms with Crippen LogP contribution in [0.3, 0.4) is 0 Å². The van der Waals surface area contributed by atoms with Gasteiger partial charge in [0.1, 0.15) is 12.1 Å². The molecule has 3 aliphatic heterocycles. The minimum Gasteiger partial charge on any atom is -0.233 e. The van der Waals surface area contributed by atoms with Crippen LogP contribution < -0.4 is 0 Å². The molecule has 0 aromatic heterocycles. The number of nitrogens with zero attached hydrogens (tertiary/aromatic N) is 2. The van der Waals surface area contributed by atoms with Gasteiger partial charge in [0, 0.05) is 5.92 Å². The molecule has 11 heavy (non-hydrogen) atoms. The van der Waals surface area contributed by atoms with Gasteiger partial charge in [0.2, 0.25) is 0 Å². The van der Waals surface area contributed by atoms with E-state index in [0.717, 1.165) is 19.4 Å². The van der Waals surface area contributed by atoms with Crippen molar-refractivity contribution >= 4 is 0 Å². The van der Waals surface area contributed by atoms with Crippen molar-refractivity contribution in [3.05, 3.63) is 0 Å². The molecule has 1 aliphatic carbocycles. The van der Waals surface area contributed by atoms with Crippen LogP contribution in [-0.4, -0.2) is 24.8 Å². The lowest BCUT2D eigenvalue weighted by atomic mass is 9.81. The molecule has 0 aromatic rings. The number of rotatable bonds is 0. The second-order valence-corrected chi connectivity index (χ2v) is 3.44. The minimum atomic E-state index is 0.191. The van der Waals surface area contributed by atoms with Crippen molar-refractivity contribution in [3.63, 3.8) is 0 Å². The highest BCUT2D eigenvalue weighted by molar-refractivity contribution is 4.98. The molecule has 4 aliphatic rings. The summed E-state index contributed by atoms with van der Waals surface area (Å²) in [5.74, 6) is 0.516. The van der Waals surface area contributed by atoms with Crippen LogP contribution >= 0.6 is 0 Å². The molecule has 0 radical (unpaired) electrons. The number of hydrogen-bond acceptors (Lipinski definition) is 4. The summed E-state index contributed by atoms with van der Waals surface area (Å²) >= 11 is 0. The van der Waals surface area contributed by atoms with Crippen molar-refractivity contribution in [2.75, 3.05) is 6.54 Å². The fourth-order valence-corrected chi connectivity index (χ4v) is 2.20. The molecule has 0 amide bonds. The normalized spacial score (nSPS) is 53.1. The Kier molecular flexibility index (Phi) is 1.11. The maximum Gasteiger partial charge on any atom is 0.118 e. The van der Waals surface area contributed by atoms with Crippen LogP contribution in [0.4, 0.5) is 0 Å². The third-order valence-corrected chi connectivity index (χ3v) is 2.84. The quantitative estimate of drug-likeness (QED) is 0.487. The van der Waals surface area contributed by atoms with E-state index in [1.807, 2.05) is 0 Å². The van der Waals surface area contributed by atoms with E-state index in [4.69, 9.17) is 9.78 Å². The molecule has 2 bridgehead atoms. The van der Waals surface area contributed by atoms with Crippen LogP contribution in [0.25, 0.3) is 0 Å². The molecule has 1 saturated carbocycles. The molecule has 4 rings (SSSR count). The summed E-state index contributed by atoms with van der Waals surface area (Å²) in [5, 5.41) is 8.19. The standard InChI is InChI=1S/C7H10N2O2/c1-2-6-7-4(3-8-9-7)5(1)10-11-6/h4-7H,1-3H2. The number of hydrogen-bond donors (Lipinski definition) is 0. The highest BCUT2D eigenvalue weighted by atomic mass is 17.2. The number of azo groups is 1. The van der Waals surface area contributed by atoms with E-state index in [-0.39, 0.29) is 12.2 Å². The molecule has 3 fully saturated rings. The van der Waals surface area contributed by atoms with Gasteiger partial charge in [-0.2, -0.15) is 10.2 Å². The summed E-state index contributed by atoms with van der Waals surface area (Å²) in [6.45, 7) is 0.842. The largest absolute Gasteiger partial charge is 0.233 e. The molecule has 4 heteroatoms. The first-order valence-electron chi connectivity index (χ1n) is 4.14. The maximum absolute atomic E-state index is 5.17. The van der Waals surface area contributed by atoms with Crippen molar-refractivity contribution in [2.24, 2.45) is 16.1 Å². The van der Waals surface area contributed by atoms with Gasteiger partial charge in [0.25, 0.3) is 0 Å². The first-order chi connectivity index (χ1) is 5.45. The average molecular weight is 154 g/mol. The van der Waals surface area contributed by atoms with Crippen molar-refractivity contribution in [3.8, 4) is 0 Å². The summed E-state index contributed by atoms with van der Waals surface area (Å²) in [6.07, 6.45) is 2.66. The van der Waals surface area contributed by atoms with Crippen LogP contribution in [0, 0.1) is 5.92 Å². The average Bonchev–Trinajstić information content (AvgIpc) is 2.55. The van der Waals surface area contributed by atoms with Crippen molar-refractivity contribution in [1.82, 2.24) is 0 Å². The Hall–Kier alpha value is -0.480. The van der Waals surface area contributed by atoms with Crippen molar-refractivity contribution in [1.29, 1.82) is 0 Å². The van der Waals surface area contributed by atoms with Gasteiger partial charge in [-0.1, -0.05) is 0 Å². The van der Waals surface area contributed by atoms with Gasteiger partial charge in [-0.25, -0.2) is 9.78 Å². The Morgan fingerprint density at radius 1 is 1.09 bits per heavy atom. The van der Waals surface area contributed by atoms with Crippen LogP contribution in [0.2, 0.25) is 0 Å². The van der Waals surface area contributed by atoms with Crippen LogP contribution in [0.5, 0.6) is 0 Å².